The van der Waals surface area contributed by atoms with E-state index in [1.54, 1.807) is 11.3 Å². The zero-order valence-electron chi connectivity index (χ0n) is 27.5. The molecule has 3 aromatic heterocycles. The van der Waals surface area contributed by atoms with Crippen LogP contribution in [-0.4, -0.2) is 10.3 Å². The number of hydrogen-bond acceptors (Lipinski definition) is 4. The van der Waals surface area contributed by atoms with Gasteiger partial charge in [-0.25, -0.2) is 4.99 Å². The van der Waals surface area contributed by atoms with Gasteiger partial charge in [-0.05, 0) is 77.4 Å². The fourth-order valence-corrected chi connectivity index (χ4v) is 9.83. The van der Waals surface area contributed by atoms with Crippen LogP contribution in [0.3, 0.4) is 0 Å². The molecule has 0 atom stereocenters. The van der Waals surface area contributed by atoms with Crippen LogP contribution in [0.5, 0.6) is 5.75 Å². The van der Waals surface area contributed by atoms with Crippen molar-refractivity contribution in [1.82, 2.24) is 4.57 Å². The molecule has 0 amide bonds. The number of hydrogen-bond donors (Lipinski definition) is 0. The molecule has 0 spiro atoms. The summed E-state index contributed by atoms with van der Waals surface area (Å²) in [5.74, 6) is 1.52. The molecule has 4 nitrogen and oxygen atoms in total. The van der Waals surface area contributed by atoms with Gasteiger partial charge in [-0.1, -0.05) is 85.4 Å². The van der Waals surface area contributed by atoms with E-state index in [0.717, 1.165) is 61.6 Å². The van der Waals surface area contributed by atoms with Gasteiger partial charge in [-0.3, -0.25) is 0 Å². The predicted octanol–water partition coefficient (Wildman–Crippen LogP) is 12.9. The summed E-state index contributed by atoms with van der Waals surface area (Å²) in [6, 6.07) is 45.1. The third kappa shape index (κ3) is 3.50. The number of benzene rings is 7. The second-order valence-corrected chi connectivity index (χ2v) is 14.6. The standard InChI is InChI=1S/C46H26N2O2S/c1-24(27-17-19-29-28-10-4-6-16-38(28)51-39(29)23-27)47-45-32-11-3-5-14-35(32)50-46(45)25(2)48-33-20-18-26-9-7-12-30-31-13-8-15-36-41(31)44-37(49-36)22-21-34(48)43(44)42(33)40(26)30/h3-23H,1H2,2H3/b46-25-,47-45-. The molecule has 0 saturated carbocycles. The molecule has 0 saturated heterocycles. The number of aliphatic imine (C=N–C) groups is 1. The van der Waals surface area contributed by atoms with Crippen molar-refractivity contribution in [2.75, 3.05) is 0 Å². The van der Waals surface area contributed by atoms with E-state index < -0.39 is 0 Å². The lowest BCUT2D eigenvalue weighted by molar-refractivity contribution is 0.468. The van der Waals surface area contributed by atoms with Crippen LogP contribution >= 0.6 is 11.3 Å². The third-order valence-electron chi connectivity index (χ3n) is 10.9. The molecule has 1 aliphatic carbocycles. The van der Waals surface area contributed by atoms with Crippen molar-refractivity contribution in [2.45, 2.75) is 6.92 Å². The van der Waals surface area contributed by atoms with E-state index in [4.69, 9.17) is 14.1 Å². The highest BCUT2D eigenvalue weighted by molar-refractivity contribution is 7.25. The zero-order valence-corrected chi connectivity index (χ0v) is 28.3. The molecule has 51 heavy (non-hydrogen) atoms. The Labute approximate surface area is 295 Å². The van der Waals surface area contributed by atoms with Gasteiger partial charge in [-0.2, -0.15) is 0 Å². The summed E-state index contributed by atoms with van der Waals surface area (Å²) in [5, 5.41) is 9.80. The van der Waals surface area contributed by atoms with E-state index in [0.29, 0.717) is 5.70 Å². The Morgan fingerprint density at radius 1 is 0.627 bits per heavy atom. The van der Waals surface area contributed by atoms with Crippen molar-refractivity contribution in [1.29, 1.82) is 0 Å². The maximum Gasteiger partial charge on any atom is 0.173 e. The van der Waals surface area contributed by atoms with Crippen LogP contribution in [0.4, 0.5) is 0 Å². The summed E-state index contributed by atoms with van der Waals surface area (Å²) in [6.45, 7) is 6.64. The van der Waals surface area contributed by atoms with Crippen LogP contribution < -0.4 is 4.74 Å². The average Bonchev–Trinajstić information content (AvgIpc) is 3.90. The van der Waals surface area contributed by atoms with Gasteiger partial charge in [0.1, 0.15) is 22.6 Å². The normalized spacial score (nSPS) is 15.3. The Balaban J connectivity index is 1.13. The molecule has 0 fully saturated rings. The Hall–Kier alpha value is -6.43. The van der Waals surface area contributed by atoms with Gasteiger partial charge in [0.05, 0.1) is 22.4 Å². The highest BCUT2D eigenvalue weighted by Gasteiger charge is 2.31. The molecular weight excluding hydrogens is 645 g/mol. The molecule has 0 bridgehead atoms. The quantitative estimate of drug-likeness (QED) is 0.188. The Morgan fingerprint density at radius 2 is 1.35 bits per heavy atom. The maximum absolute atomic E-state index is 6.76. The SMILES string of the molecule is C=C(/N=C1\C(=C(/C)n2c3ccc4cccc5c4c3c3c4c(ccc32)oc2cccc-5c24)Oc2ccccc21)c1ccc2c(c1)sc1ccccc12. The monoisotopic (exact) mass is 670 g/mol. The van der Waals surface area contributed by atoms with Crippen LogP contribution in [-0.2, 0) is 0 Å². The number of furan rings is 1. The first-order valence-corrected chi connectivity index (χ1v) is 18.0. The second-order valence-electron chi connectivity index (χ2n) is 13.5. The number of aromatic nitrogens is 1. The van der Waals surface area contributed by atoms with Crippen LogP contribution in [0.1, 0.15) is 18.1 Å². The van der Waals surface area contributed by atoms with E-state index in [1.807, 2.05) is 18.2 Å². The van der Waals surface area contributed by atoms with Crippen molar-refractivity contribution in [2.24, 2.45) is 4.99 Å². The highest BCUT2D eigenvalue weighted by Crippen LogP contribution is 2.51. The number of ether oxygens (including phenoxy) is 1. The lowest BCUT2D eigenvalue weighted by atomic mass is 9.95. The number of fused-ring (bicyclic) bond motifs is 5. The van der Waals surface area contributed by atoms with E-state index in [9.17, 15) is 0 Å². The van der Waals surface area contributed by atoms with Crippen LogP contribution in [0.15, 0.2) is 149 Å². The number of para-hydroxylation sites is 1. The van der Waals surface area contributed by atoms with E-state index in [2.05, 4.69) is 127 Å². The first-order chi connectivity index (χ1) is 25.1. The summed E-state index contributed by atoms with van der Waals surface area (Å²) in [5.41, 5.74) is 10.9. The predicted molar refractivity (Wildman–Crippen MR) is 214 cm³/mol. The Morgan fingerprint density at radius 3 is 2.27 bits per heavy atom. The summed E-state index contributed by atoms with van der Waals surface area (Å²) < 4.78 is 18.1. The minimum Gasteiger partial charge on any atom is -0.456 e. The van der Waals surface area contributed by atoms with Gasteiger partial charge in [0.25, 0.3) is 0 Å². The highest BCUT2D eigenvalue weighted by atomic mass is 32.1. The summed E-state index contributed by atoms with van der Waals surface area (Å²) in [6.07, 6.45) is 0. The minimum atomic E-state index is 0.696. The lowest BCUT2D eigenvalue weighted by Gasteiger charge is -2.14. The number of thiophene rings is 1. The van der Waals surface area contributed by atoms with Crippen LogP contribution in [0.2, 0.25) is 0 Å². The van der Waals surface area contributed by atoms with Gasteiger partial charge in [0.2, 0.25) is 0 Å². The fourth-order valence-electron chi connectivity index (χ4n) is 8.68. The number of nitrogens with zero attached hydrogens (tertiary/aromatic N) is 2. The summed E-state index contributed by atoms with van der Waals surface area (Å²) in [7, 11) is 0. The van der Waals surface area contributed by atoms with Crippen molar-refractivity contribution >= 4 is 103 Å². The van der Waals surface area contributed by atoms with Gasteiger partial charge in [0, 0.05) is 52.8 Å². The molecule has 4 heterocycles. The van der Waals surface area contributed by atoms with Crippen molar-refractivity contribution in [3.8, 4) is 16.9 Å². The van der Waals surface area contributed by atoms with E-state index >= 15 is 0 Å². The molecule has 238 valence electrons. The molecule has 0 radical (unpaired) electrons. The smallest absolute Gasteiger partial charge is 0.173 e. The first kappa shape index (κ1) is 27.4. The molecular formula is C46H26N2O2S. The fraction of sp³-hybridized carbons (Fsp3) is 0.0217. The van der Waals surface area contributed by atoms with E-state index in [1.165, 1.54) is 58.2 Å². The molecule has 5 heteroatoms. The summed E-state index contributed by atoms with van der Waals surface area (Å²) >= 11 is 1.80. The largest absolute Gasteiger partial charge is 0.456 e. The van der Waals surface area contributed by atoms with Gasteiger partial charge >= 0.3 is 0 Å². The zero-order chi connectivity index (χ0) is 33.5. The van der Waals surface area contributed by atoms with E-state index in [-0.39, 0.29) is 0 Å². The Bertz CT molecular complexity index is 3310. The van der Waals surface area contributed by atoms with Gasteiger partial charge in [0.15, 0.2) is 5.76 Å². The van der Waals surface area contributed by atoms with Gasteiger partial charge in [-0.15, -0.1) is 11.3 Å². The molecule has 2 aliphatic rings. The van der Waals surface area contributed by atoms with Crippen LogP contribution in [0, 0.1) is 0 Å². The Kier molecular flexibility index (Phi) is 5.17. The van der Waals surface area contributed by atoms with Gasteiger partial charge < -0.3 is 13.7 Å². The molecule has 10 aromatic rings. The summed E-state index contributed by atoms with van der Waals surface area (Å²) in [4.78, 5) is 5.28. The maximum atomic E-state index is 6.76. The molecule has 7 aromatic carbocycles. The van der Waals surface area contributed by atoms with Crippen molar-refractivity contribution in [3.63, 3.8) is 0 Å². The second kappa shape index (κ2) is 9.63. The molecule has 0 N–H and O–H groups in total. The topological polar surface area (TPSA) is 39.7 Å². The molecule has 1 aliphatic heterocycles. The third-order valence-corrected chi connectivity index (χ3v) is 12.0. The minimum absolute atomic E-state index is 0.696. The lowest BCUT2D eigenvalue weighted by Crippen LogP contribution is -2.08. The van der Waals surface area contributed by atoms with Crippen molar-refractivity contribution < 1.29 is 9.15 Å². The number of rotatable bonds is 3. The average molecular weight is 671 g/mol. The molecule has 12 rings (SSSR count). The first-order valence-electron chi connectivity index (χ1n) is 17.1. The van der Waals surface area contributed by atoms with Crippen molar-refractivity contribution in [3.05, 3.63) is 151 Å². The number of allylic oxidation sites excluding steroid dienone is 2. The molecule has 0 unspecified atom stereocenters. The van der Waals surface area contributed by atoms with Crippen LogP contribution in [0.25, 0.3) is 97.2 Å².